The molecule has 0 amide bonds. The average molecular weight is 227 g/mol. The van der Waals surface area contributed by atoms with E-state index in [1.165, 1.54) is 10.9 Å². The molecular formula is C12H9N3O2. The summed E-state index contributed by atoms with van der Waals surface area (Å²) in [6, 6.07) is 8.77. The van der Waals surface area contributed by atoms with E-state index in [0.29, 0.717) is 11.3 Å². The molecule has 0 atom stereocenters. The van der Waals surface area contributed by atoms with Crippen molar-refractivity contribution in [1.29, 1.82) is 5.26 Å². The van der Waals surface area contributed by atoms with Gasteiger partial charge in [0.2, 0.25) is 0 Å². The number of nitriles is 1. The lowest BCUT2D eigenvalue weighted by atomic mass is 10.2. The monoisotopic (exact) mass is 227 g/mol. The highest BCUT2D eigenvalue weighted by molar-refractivity contribution is 5.88. The van der Waals surface area contributed by atoms with Crippen molar-refractivity contribution in [3.05, 3.63) is 47.3 Å². The molecule has 17 heavy (non-hydrogen) atoms. The number of benzene rings is 1. The van der Waals surface area contributed by atoms with E-state index in [-0.39, 0.29) is 5.56 Å². The van der Waals surface area contributed by atoms with E-state index < -0.39 is 5.97 Å². The van der Waals surface area contributed by atoms with Gasteiger partial charge in [0.15, 0.2) is 0 Å². The van der Waals surface area contributed by atoms with Crippen LogP contribution in [0.1, 0.15) is 21.6 Å². The summed E-state index contributed by atoms with van der Waals surface area (Å²) in [6.45, 7) is 1.64. The highest BCUT2D eigenvalue weighted by Gasteiger charge is 2.12. The zero-order valence-corrected chi connectivity index (χ0v) is 9.08. The summed E-state index contributed by atoms with van der Waals surface area (Å²) in [6.07, 6.45) is 1.46. The lowest BCUT2D eigenvalue weighted by molar-refractivity contribution is 0.0696. The predicted octanol–water partition coefficient (Wildman–Crippen LogP) is 1.75. The van der Waals surface area contributed by atoms with Gasteiger partial charge < -0.3 is 5.11 Å². The third kappa shape index (κ3) is 2.01. The van der Waals surface area contributed by atoms with Crippen LogP contribution in [0, 0.1) is 18.3 Å². The molecule has 1 aromatic carbocycles. The van der Waals surface area contributed by atoms with E-state index in [4.69, 9.17) is 10.4 Å². The molecule has 0 aliphatic carbocycles. The van der Waals surface area contributed by atoms with Crippen LogP contribution in [0.4, 0.5) is 0 Å². The Morgan fingerprint density at radius 3 is 2.53 bits per heavy atom. The Balaban J connectivity index is 2.43. The van der Waals surface area contributed by atoms with Gasteiger partial charge in [-0.15, -0.1) is 0 Å². The van der Waals surface area contributed by atoms with E-state index in [1.54, 1.807) is 31.2 Å². The summed E-state index contributed by atoms with van der Waals surface area (Å²) in [5.74, 6) is -0.998. The Hall–Kier alpha value is -2.61. The highest BCUT2D eigenvalue weighted by Crippen LogP contribution is 2.12. The van der Waals surface area contributed by atoms with Gasteiger partial charge in [-0.25, -0.2) is 9.48 Å². The van der Waals surface area contributed by atoms with Crippen LogP contribution in [-0.4, -0.2) is 20.9 Å². The Bertz CT molecular complexity index is 606. The first kappa shape index (κ1) is 10.9. The van der Waals surface area contributed by atoms with Crippen LogP contribution in [-0.2, 0) is 0 Å². The smallest absolute Gasteiger partial charge is 0.339 e. The van der Waals surface area contributed by atoms with Crippen LogP contribution in [0.2, 0.25) is 0 Å². The number of rotatable bonds is 2. The van der Waals surface area contributed by atoms with E-state index in [0.717, 1.165) is 5.69 Å². The summed E-state index contributed by atoms with van der Waals surface area (Å²) < 4.78 is 1.49. The van der Waals surface area contributed by atoms with Crippen molar-refractivity contribution in [3.8, 4) is 11.8 Å². The fraction of sp³-hybridized carbons (Fsp3) is 0.0833. The van der Waals surface area contributed by atoms with Crippen LogP contribution < -0.4 is 0 Å². The van der Waals surface area contributed by atoms with Crippen LogP contribution in [0.3, 0.4) is 0 Å². The summed E-state index contributed by atoms with van der Waals surface area (Å²) in [5, 5.41) is 21.7. The van der Waals surface area contributed by atoms with Gasteiger partial charge in [0, 0.05) is 6.20 Å². The molecule has 0 radical (unpaired) electrons. The number of carboxylic acids is 1. The van der Waals surface area contributed by atoms with Gasteiger partial charge in [-0.2, -0.15) is 10.4 Å². The maximum Gasteiger partial charge on any atom is 0.339 e. The Kier molecular flexibility index (Phi) is 2.63. The van der Waals surface area contributed by atoms with Gasteiger partial charge in [0.25, 0.3) is 0 Å². The number of aromatic nitrogens is 2. The minimum absolute atomic E-state index is 0.175. The second kappa shape index (κ2) is 4.10. The first-order chi connectivity index (χ1) is 8.11. The molecule has 0 fully saturated rings. The molecule has 1 N–H and O–H groups in total. The normalized spacial score (nSPS) is 9.88. The molecule has 2 rings (SSSR count). The summed E-state index contributed by atoms with van der Waals surface area (Å²) in [4.78, 5) is 10.9. The van der Waals surface area contributed by atoms with Gasteiger partial charge >= 0.3 is 5.97 Å². The fourth-order valence-electron chi connectivity index (χ4n) is 1.49. The van der Waals surface area contributed by atoms with Crippen molar-refractivity contribution in [2.45, 2.75) is 6.92 Å². The van der Waals surface area contributed by atoms with Crippen LogP contribution in [0.15, 0.2) is 30.5 Å². The highest BCUT2D eigenvalue weighted by atomic mass is 16.4. The molecule has 0 bridgehead atoms. The zero-order chi connectivity index (χ0) is 12.4. The number of hydrogen-bond donors (Lipinski definition) is 1. The fourth-order valence-corrected chi connectivity index (χ4v) is 1.49. The van der Waals surface area contributed by atoms with E-state index >= 15 is 0 Å². The molecule has 5 heteroatoms. The van der Waals surface area contributed by atoms with Crippen molar-refractivity contribution < 1.29 is 9.90 Å². The largest absolute Gasteiger partial charge is 0.478 e. The minimum Gasteiger partial charge on any atom is -0.478 e. The maximum absolute atomic E-state index is 10.9. The van der Waals surface area contributed by atoms with Gasteiger partial charge in [-0.3, -0.25) is 0 Å². The molecule has 0 saturated carbocycles. The minimum atomic E-state index is -0.998. The third-order valence-electron chi connectivity index (χ3n) is 2.39. The molecule has 0 aliphatic rings. The Morgan fingerprint density at radius 2 is 2.06 bits per heavy atom. The molecule has 0 aliphatic heterocycles. The molecule has 1 heterocycles. The van der Waals surface area contributed by atoms with E-state index in [1.807, 2.05) is 6.07 Å². The van der Waals surface area contributed by atoms with Crippen molar-refractivity contribution in [2.75, 3.05) is 0 Å². The third-order valence-corrected chi connectivity index (χ3v) is 2.39. The predicted molar refractivity (Wildman–Crippen MR) is 60.0 cm³/mol. The maximum atomic E-state index is 10.9. The van der Waals surface area contributed by atoms with Gasteiger partial charge in [-0.1, -0.05) is 0 Å². The Morgan fingerprint density at radius 1 is 1.41 bits per heavy atom. The SMILES string of the molecule is Cc1nn(-c2ccc(C#N)cc2)cc1C(=O)O. The number of aryl methyl sites for hydroxylation is 1. The molecule has 0 spiro atoms. The van der Waals surface area contributed by atoms with Crippen molar-refractivity contribution in [1.82, 2.24) is 9.78 Å². The van der Waals surface area contributed by atoms with E-state index in [9.17, 15) is 4.79 Å². The number of carbonyl (C=O) groups is 1. The van der Waals surface area contributed by atoms with Gasteiger partial charge in [0.05, 0.1) is 23.0 Å². The van der Waals surface area contributed by atoms with Crippen LogP contribution in [0.5, 0.6) is 0 Å². The standard InChI is InChI=1S/C12H9N3O2/c1-8-11(12(16)17)7-15(14-8)10-4-2-9(6-13)3-5-10/h2-5,7H,1H3,(H,16,17). The first-order valence-electron chi connectivity index (χ1n) is 4.92. The molecule has 0 saturated heterocycles. The van der Waals surface area contributed by atoms with E-state index in [2.05, 4.69) is 5.10 Å². The van der Waals surface area contributed by atoms with Crippen molar-refractivity contribution in [2.24, 2.45) is 0 Å². The van der Waals surface area contributed by atoms with Gasteiger partial charge in [0.1, 0.15) is 5.56 Å². The quantitative estimate of drug-likeness (QED) is 0.847. The average Bonchev–Trinajstić information content (AvgIpc) is 2.71. The summed E-state index contributed by atoms with van der Waals surface area (Å²) in [5.41, 5.74) is 1.91. The number of carboxylic acid groups (broad SMARTS) is 1. The van der Waals surface area contributed by atoms with Crippen molar-refractivity contribution >= 4 is 5.97 Å². The zero-order valence-electron chi connectivity index (χ0n) is 9.08. The second-order valence-corrected chi connectivity index (χ2v) is 3.54. The molecule has 2 aromatic rings. The Labute approximate surface area is 97.5 Å². The summed E-state index contributed by atoms with van der Waals surface area (Å²) in [7, 11) is 0. The molecule has 0 unspecified atom stereocenters. The topological polar surface area (TPSA) is 78.9 Å². The molecule has 5 nitrogen and oxygen atoms in total. The lowest BCUT2D eigenvalue weighted by Crippen LogP contribution is -1.96. The molecular weight excluding hydrogens is 218 g/mol. The van der Waals surface area contributed by atoms with Crippen molar-refractivity contribution in [3.63, 3.8) is 0 Å². The molecule has 84 valence electrons. The first-order valence-corrected chi connectivity index (χ1v) is 4.92. The lowest BCUT2D eigenvalue weighted by Gasteiger charge is -1.99. The second-order valence-electron chi connectivity index (χ2n) is 3.54. The number of hydrogen-bond acceptors (Lipinski definition) is 3. The number of nitrogens with zero attached hydrogens (tertiary/aromatic N) is 3. The van der Waals surface area contributed by atoms with Crippen LogP contribution in [0.25, 0.3) is 5.69 Å². The van der Waals surface area contributed by atoms with Gasteiger partial charge in [-0.05, 0) is 31.2 Å². The number of aromatic carboxylic acids is 1. The van der Waals surface area contributed by atoms with Crippen LogP contribution >= 0.6 is 0 Å². The summed E-state index contributed by atoms with van der Waals surface area (Å²) >= 11 is 0. The molecule has 1 aromatic heterocycles.